The zero-order valence-electron chi connectivity index (χ0n) is 13.7. The Balaban J connectivity index is 1.69. The number of rotatable bonds is 6. The van der Waals surface area contributed by atoms with Gasteiger partial charge in [-0.2, -0.15) is 0 Å². The van der Waals surface area contributed by atoms with Gasteiger partial charge in [0.25, 0.3) is 0 Å². The molecular weight excluding hydrogens is 280 g/mol. The molecule has 1 aliphatic heterocycles. The molecule has 0 unspecified atom stereocenters. The maximum atomic E-state index is 12.1. The SMILES string of the molecule is Cc1ccc(OC[C@@H](C)NC(=O)N(C)C[C@@H]2CCOC2)cc1. The van der Waals surface area contributed by atoms with E-state index in [-0.39, 0.29) is 12.1 Å². The summed E-state index contributed by atoms with van der Waals surface area (Å²) in [5.41, 5.74) is 1.20. The first-order chi connectivity index (χ1) is 10.5. The molecule has 0 spiro atoms. The lowest BCUT2D eigenvalue weighted by Crippen LogP contribution is -2.45. The fourth-order valence-electron chi connectivity index (χ4n) is 2.42. The summed E-state index contributed by atoms with van der Waals surface area (Å²) in [5, 5.41) is 2.96. The van der Waals surface area contributed by atoms with Crippen molar-refractivity contribution in [3.63, 3.8) is 0 Å². The van der Waals surface area contributed by atoms with Gasteiger partial charge in [0.05, 0.1) is 12.6 Å². The second kappa shape index (κ2) is 8.03. The van der Waals surface area contributed by atoms with Crippen LogP contribution in [0.15, 0.2) is 24.3 Å². The van der Waals surface area contributed by atoms with E-state index in [9.17, 15) is 4.79 Å². The average Bonchev–Trinajstić information content (AvgIpc) is 2.99. The fourth-order valence-corrected chi connectivity index (χ4v) is 2.42. The topological polar surface area (TPSA) is 50.8 Å². The zero-order valence-corrected chi connectivity index (χ0v) is 13.7. The number of amides is 2. The quantitative estimate of drug-likeness (QED) is 0.878. The molecule has 0 aromatic heterocycles. The second-order valence-electron chi connectivity index (χ2n) is 6.08. The van der Waals surface area contributed by atoms with Crippen LogP contribution in [-0.4, -0.2) is 50.4 Å². The summed E-state index contributed by atoms with van der Waals surface area (Å²) in [6.07, 6.45) is 1.03. The summed E-state index contributed by atoms with van der Waals surface area (Å²) in [6, 6.07) is 7.79. The number of carbonyl (C=O) groups excluding carboxylic acids is 1. The van der Waals surface area contributed by atoms with Gasteiger partial charge in [0.15, 0.2) is 0 Å². The number of nitrogens with zero attached hydrogens (tertiary/aromatic N) is 1. The largest absolute Gasteiger partial charge is 0.491 e. The molecule has 0 aliphatic carbocycles. The average molecular weight is 306 g/mol. The minimum absolute atomic E-state index is 0.0453. The van der Waals surface area contributed by atoms with E-state index >= 15 is 0 Å². The highest BCUT2D eigenvalue weighted by Crippen LogP contribution is 2.13. The number of ether oxygens (including phenoxy) is 2. The molecular formula is C17H26N2O3. The van der Waals surface area contributed by atoms with E-state index in [1.165, 1.54) is 5.56 Å². The number of benzene rings is 1. The van der Waals surface area contributed by atoms with E-state index in [0.717, 1.165) is 31.9 Å². The van der Waals surface area contributed by atoms with E-state index in [4.69, 9.17) is 9.47 Å². The number of urea groups is 1. The molecule has 0 saturated carbocycles. The van der Waals surface area contributed by atoms with E-state index < -0.39 is 0 Å². The molecule has 22 heavy (non-hydrogen) atoms. The highest BCUT2D eigenvalue weighted by molar-refractivity contribution is 5.74. The minimum Gasteiger partial charge on any atom is -0.491 e. The third-order valence-corrected chi connectivity index (χ3v) is 3.79. The molecule has 1 N–H and O–H groups in total. The summed E-state index contributed by atoms with van der Waals surface area (Å²) in [6.45, 7) is 6.73. The van der Waals surface area contributed by atoms with Gasteiger partial charge in [-0.25, -0.2) is 4.79 Å². The number of hydrogen-bond acceptors (Lipinski definition) is 3. The van der Waals surface area contributed by atoms with Crippen molar-refractivity contribution < 1.29 is 14.3 Å². The highest BCUT2D eigenvalue weighted by Gasteiger charge is 2.20. The van der Waals surface area contributed by atoms with Crippen molar-refractivity contribution in [1.82, 2.24) is 10.2 Å². The summed E-state index contributed by atoms with van der Waals surface area (Å²) >= 11 is 0. The van der Waals surface area contributed by atoms with Crippen molar-refractivity contribution in [3.05, 3.63) is 29.8 Å². The Morgan fingerprint density at radius 2 is 2.18 bits per heavy atom. The molecule has 122 valence electrons. The van der Waals surface area contributed by atoms with Gasteiger partial charge in [0.1, 0.15) is 12.4 Å². The van der Waals surface area contributed by atoms with Gasteiger partial charge >= 0.3 is 6.03 Å². The molecule has 5 nitrogen and oxygen atoms in total. The first kappa shape index (κ1) is 16.6. The first-order valence-electron chi connectivity index (χ1n) is 7.83. The third-order valence-electron chi connectivity index (χ3n) is 3.79. The molecule has 1 aliphatic rings. The Bertz CT molecular complexity index is 469. The normalized spacial score (nSPS) is 18.8. The fraction of sp³-hybridized carbons (Fsp3) is 0.588. The standard InChI is InChI=1S/C17H26N2O3/c1-13-4-6-16(7-5-13)22-11-14(2)18-17(20)19(3)10-15-8-9-21-12-15/h4-7,14-15H,8-12H2,1-3H3,(H,18,20)/t14-,15+/m1/s1. The maximum absolute atomic E-state index is 12.1. The van der Waals surface area contributed by atoms with Crippen LogP contribution >= 0.6 is 0 Å². The number of carbonyl (C=O) groups is 1. The molecule has 2 rings (SSSR count). The van der Waals surface area contributed by atoms with Crippen LogP contribution in [0.5, 0.6) is 5.75 Å². The Kier molecular flexibility index (Phi) is 6.07. The van der Waals surface area contributed by atoms with E-state index in [1.54, 1.807) is 4.90 Å². The maximum Gasteiger partial charge on any atom is 0.317 e. The van der Waals surface area contributed by atoms with Gasteiger partial charge in [-0.1, -0.05) is 17.7 Å². The van der Waals surface area contributed by atoms with Crippen LogP contribution in [0.1, 0.15) is 18.9 Å². The van der Waals surface area contributed by atoms with Crippen molar-refractivity contribution in [1.29, 1.82) is 0 Å². The second-order valence-corrected chi connectivity index (χ2v) is 6.08. The van der Waals surface area contributed by atoms with Gasteiger partial charge in [-0.3, -0.25) is 0 Å². The van der Waals surface area contributed by atoms with Crippen LogP contribution in [0.2, 0.25) is 0 Å². The smallest absolute Gasteiger partial charge is 0.317 e. The van der Waals surface area contributed by atoms with Gasteiger partial charge < -0.3 is 19.7 Å². The van der Waals surface area contributed by atoms with Crippen LogP contribution in [0.25, 0.3) is 0 Å². The van der Waals surface area contributed by atoms with Gasteiger partial charge in [-0.15, -0.1) is 0 Å². The Hall–Kier alpha value is -1.75. The Labute approximate surface area is 132 Å². The molecule has 0 radical (unpaired) electrons. The summed E-state index contributed by atoms with van der Waals surface area (Å²) in [4.78, 5) is 13.8. The minimum atomic E-state index is -0.0630. The first-order valence-corrected chi connectivity index (χ1v) is 7.83. The molecule has 5 heteroatoms. The molecule has 1 aromatic rings. The predicted octanol–water partition coefficient (Wildman–Crippen LogP) is 2.44. The lowest BCUT2D eigenvalue weighted by molar-refractivity contribution is 0.168. The van der Waals surface area contributed by atoms with Crippen molar-refractivity contribution in [2.45, 2.75) is 26.3 Å². The van der Waals surface area contributed by atoms with E-state index in [1.807, 2.05) is 45.2 Å². The van der Waals surface area contributed by atoms with Crippen LogP contribution in [0.3, 0.4) is 0 Å². The number of nitrogens with one attached hydrogen (secondary N) is 1. The van der Waals surface area contributed by atoms with Crippen molar-refractivity contribution in [2.75, 3.05) is 33.4 Å². The Morgan fingerprint density at radius 3 is 2.82 bits per heavy atom. The Morgan fingerprint density at radius 1 is 1.45 bits per heavy atom. The predicted molar refractivity (Wildman–Crippen MR) is 86.2 cm³/mol. The molecule has 1 fully saturated rings. The van der Waals surface area contributed by atoms with Crippen molar-refractivity contribution in [2.24, 2.45) is 5.92 Å². The highest BCUT2D eigenvalue weighted by atomic mass is 16.5. The summed E-state index contributed by atoms with van der Waals surface area (Å²) in [5.74, 6) is 1.28. The monoisotopic (exact) mass is 306 g/mol. The molecule has 1 aromatic carbocycles. The van der Waals surface area contributed by atoms with E-state index in [0.29, 0.717) is 12.5 Å². The summed E-state index contributed by atoms with van der Waals surface area (Å²) < 4.78 is 11.0. The zero-order chi connectivity index (χ0) is 15.9. The molecule has 1 heterocycles. The number of aryl methyl sites for hydroxylation is 1. The van der Waals surface area contributed by atoms with Crippen molar-refractivity contribution in [3.8, 4) is 5.75 Å². The molecule has 2 amide bonds. The van der Waals surface area contributed by atoms with Crippen LogP contribution < -0.4 is 10.1 Å². The van der Waals surface area contributed by atoms with Crippen molar-refractivity contribution >= 4 is 6.03 Å². The molecule has 0 bridgehead atoms. The lowest BCUT2D eigenvalue weighted by Gasteiger charge is -2.23. The van der Waals surface area contributed by atoms with Crippen LogP contribution in [0.4, 0.5) is 4.79 Å². The third kappa shape index (κ3) is 5.22. The van der Waals surface area contributed by atoms with E-state index in [2.05, 4.69) is 5.32 Å². The number of hydrogen-bond donors (Lipinski definition) is 1. The molecule has 2 atom stereocenters. The molecule has 1 saturated heterocycles. The van der Waals surface area contributed by atoms with Crippen LogP contribution in [-0.2, 0) is 4.74 Å². The summed E-state index contributed by atoms with van der Waals surface area (Å²) in [7, 11) is 1.82. The van der Waals surface area contributed by atoms with Gasteiger partial charge in [0.2, 0.25) is 0 Å². The van der Waals surface area contributed by atoms with Crippen LogP contribution in [0, 0.1) is 12.8 Å². The van der Waals surface area contributed by atoms with Gasteiger partial charge in [0, 0.05) is 26.1 Å². The van der Waals surface area contributed by atoms with Gasteiger partial charge in [-0.05, 0) is 32.4 Å². The lowest BCUT2D eigenvalue weighted by atomic mass is 10.1.